The van der Waals surface area contributed by atoms with Crippen LogP contribution in [0.1, 0.15) is 13.3 Å². The van der Waals surface area contributed by atoms with Crippen molar-refractivity contribution in [1.82, 2.24) is 10.2 Å². The van der Waals surface area contributed by atoms with Crippen LogP contribution in [0.3, 0.4) is 0 Å². The van der Waals surface area contributed by atoms with E-state index in [1.807, 2.05) is 7.05 Å². The van der Waals surface area contributed by atoms with Crippen molar-refractivity contribution in [2.24, 2.45) is 5.92 Å². The molecule has 12 heavy (non-hydrogen) atoms. The molecule has 0 aromatic carbocycles. The topological polar surface area (TPSA) is 15.3 Å². The summed E-state index contributed by atoms with van der Waals surface area (Å²) in [4.78, 5) is 2.52. The number of rotatable bonds is 4. The van der Waals surface area contributed by atoms with Gasteiger partial charge in [0.15, 0.2) is 0 Å². The Morgan fingerprint density at radius 1 is 1.50 bits per heavy atom. The zero-order valence-electron chi connectivity index (χ0n) is 8.21. The Balaban J connectivity index is 2.16. The van der Waals surface area contributed by atoms with E-state index in [4.69, 9.17) is 0 Å². The summed E-state index contributed by atoms with van der Waals surface area (Å²) in [5, 5.41) is 3.21. The molecule has 0 aliphatic carbocycles. The zero-order chi connectivity index (χ0) is 8.81. The Kier molecular flexibility index (Phi) is 4.33. The maximum Gasteiger partial charge on any atom is 0.0163 e. The van der Waals surface area contributed by atoms with Gasteiger partial charge < -0.3 is 5.32 Å². The first-order chi connectivity index (χ1) is 5.83. The molecule has 1 N–H and O–H groups in total. The SMILES string of the molecule is CNCC(C)CN1CC=CCC1. The van der Waals surface area contributed by atoms with Gasteiger partial charge in [-0.15, -0.1) is 0 Å². The van der Waals surface area contributed by atoms with Crippen molar-refractivity contribution in [2.45, 2.75) is 13.3 Å². The van der Waals surface area contributed by atoms with Crippen LogP contribution in [0.25, 0.3) is 0 Å². The summed E-state index contributed by atoms with van der Waals surface area (Å²) in [5.41, 5.74) is 0. The standard InChI is InChI=1S/C10H20N2/c1-10(8-11-2)9-12-6-4-3-5-7-12/h3-4,10-11H,5-9H2,1-2H3. The van der Waals surface area contributed by atoms with Crippen LogP contribution in [-0.4, -0.2) is 38.1 Å². The van der Waals surface area contributed by atoms with E-state index in [0.29, 0.717) is 0 Å². The maximum atomic E-state index is 3.21. The van der Waals surface area contributed by atoms with Crippen molar-refractivity contribution >= 4 is 0 Å². The number of nitrogens with zero attached hydrogens (tertiary/aromatic N) is 1. The molecule has 1 atom stereocenters. The van der Waals surface area contributed by atoms with Crippen LogP contribution in [0.15, 0.2) is 12.2 Å². The van der Waals surface area contributed by atoms with Crippen LogP contribution in [0.5, 0.6) is 0 Å². The van der Waals surface area contributed by atoms with Crippen molar-refractivity contribution in [3.63, 3.8) is 0 Å². The third-order valence-corrected chi connectivity index (χ3v) is 2.26. The number of hydrogen-bond donors (Lipinski definition) is 1. The monoisotopic (exact) mass is 168 g/mol. The fraction of sp³-hybridized carbons (Fsp3) is 0.800. The molecule has 0 saturated heterocycles. The molecule has 0 aromatic heterocycles. The highest BCUT2D eigenvalue weighted by Crippen LogP contribution is 2.04. The largest absolute Gasteiger partial charge is 0.319 e. The van der Waals surface area contributed by atoms with Crippen molar-refractivity contribution in [2.75, 3.05) is 33.2 Å². The molecule has 1 aliphatic heterocycles. The van der Waals surface area contributed by atoms with Gasteiger partial charge >= 0.3 is 0 Å². The van der Waals surface area contributed by atoms with Gasteiger partial charge in [0.1, 0.15) is 0 Å². The molecule has 0 radical (unpaired) electrons. The highest BCUT2D eigenvalue weighted by molar-refractivity contribution is 4.90. The second-order valence-corrected chi connectivity index (χ2v) is 3.68. The minimum atomic E-state index is 0.765. The quantitative estimate of drug-likeness (QED) is 0.632. The molecule has 0 spiro atoms. The Hall–Kier alpha value is -0.340. The lowest BCUT2D eigenvalue weighted by Gasteiger charge is -2.26. The summed E-state index contributed by atoms with van der Waals surface area (Å²) >= 11 is 0. The van der Waals surface area contributed by atoms with Crippen LogP contribution in [0, 0.1) is 5.92 Å². The van der Waals surface area contributed by atoms with Crippen LogP contribution in [0.4, 0.5) is 0 Å². The molecule has 0 aromatic rings. The van der Waals surface area contributed by atoms with E-state index >= 15 is 0 Å². The zero-order valence-corrected chi connectivity index (χ0v) is 8.21. The minimum absolute atomic E-state index is 0.765. The lowest BCUT2D eigenvalue weighted by Crippen LogP contribution is -2.34. The molecule has 1 heterocycles. The van der Waals surface area contributed by atoms with E-state index < -0.39 is 0 Å². The summed E-state index contributed by atoms with van der Waals surface area (Å²) in [6.07, 6.45) is 5.78. The number of hydrogen-bond acceptors (Lipinski definition) is 2. The molecular formula is C10H20N2. The van der Waals surface area contributed by atoms with Crippen LogP contribution in [-0.2, 0) is 0 Å². The Morgan fingerprint density at radius 2 is 2.33 bits per heavy atom. The van der Waals surface area contributed by atoms with Gasteiger partial charge in [-0.25, -0.2) is 0 Å². The molecular weight excluding hydrogens is 148 g/mol. The molecule has 2 heteroatoms. The fourth-order valence-electron chi connectivity index (χ4n) is 1.71. The molecule has 1 aliphatic rings. The molecule has 1 unspecified atom stereocenters. The minimum Gasteiger partial charge on any atom is -0.319 e. The lowest BCUT2D eigenvalue weighted by atomic mass is 10.1. The van der Waals surface area contributed by atoms with Crippen LogP contribution >= 0.6 is 0 Å². The molecule has 70 valence electrons. The summed E-state index contributed by atoms with van der Waals surface area (Å²) in [7, 11) is 2.02. The van der Waals surface area contributed by atoms with E-state index in [1.54, 1.807) is 0 Å². The van der Waals surface area contributed by atoms with Gasteiger partial charge in [0.25, 0.3) is 0 Å². The molecule has 0 bridgehead atoms. The Bertz CT molecular complexity index is 143. The predicted octanol–water partition coefficient (Wildman–Crippen LogP) is 1.10. The average Bonchev–Trinajstić information content (AvgIpc) is 2.06. The van der Waals surface area contributed by atoms with Gasteiger partial charge in [0, 0.05) is 19.6 Å². The summed E-state index contributed by atoms with van der Waals surface area (Å²) in [6.45, 7) is 7.04. The first-order valence-electron chi connectivity index (χ1n) is 4.85. The van der Waals surface area contributed by atoms with Crippen molar-refractivity contribution in [1.29, 1.82) is 0 Å². The third kappa shape index (κ3) is 3.37. The molecule has 0 fully saturated rings. The normalized spacial score (nSPS) is 21.2. The smallest absolute Gasteiger partial charge is 0.0163 e. The van der Waals surface area contributed by atoms with Crippen molar-refractivity contribution in [3.05, 3.63) is 12.2 Å². The maximum absolute atomic E-state index is 3.21. The third-order valence-electron chi connectivity index (χ3n) is 2.26. The van der Waals surface area contributed by atoms with Crippen molar-refractivity contribution < 1.29 is 0 Å². The fourth-order valence-corrected chi connectivity index (χ4v) is 1.71. The van der Waals surface area contributed by atoms with Gasteiger partial charge in [-0.1, -0.05) is 19.1 Å². The molecule has 1 rings (SSSR count). The summed E-state index contributed by atoms with van der Waals surface area (Å²) in [5.74, 6) is 0.765. The van der Waals surface area contributed by atoms with E-state index in [-0.39, 0.29) is 0 Å². The lowest BCUT2D eigenvalue weighted by molar-refractivity contribution is 0.255. The first-order valence-corrected chi connectivity index (χ1v) is 4.85. The summed E-state index contributed by atoms with van der Waals surface area (Å²) < 4.78 is 0. The highest BCUT2D eigenvalue weighted by atomic mass is 15.1. The summed E-state index contributed by atoms with van der Waals surface area (Å²) in [6, 6.07) is 0. The van der Waals surface area contributed by atoms with Crippen LogP contribution < -0.4 is 5.32 Å². The van der Waals surface area contributed by atoms with E-state index in [2.05, 4.69) is 29.3 Å². The van der Waals surface area contributed by atoms with E-state index in [9.17, 15) is 0 Å². The average molecular weight is 168 g/mol. The second-order valence-electron chi connectivity index (χ2n) is 3.68. The van der Waals surface area contributed by atoms with E-state index in [1.165, 1.54) is 19.5 Å². The van der Waals surface area contributed by atoms with Gasteiger partial charge in [-0.05, 0) is 25.9 Å². The van der Waals surface area contributed by atoms with Crippen LogP contribution in [0.2, 0.25) is 0 Å². The van der Waals surface area contributed by atoms with Gasteiger partial charge in [0.05, 0.1) is 0 Å². The van der Waals surface area contributed by atoms with Gasteiger partial charge in [0.2, 0.25) is 0 Å². The Morgan fingerprint density at radius 3 is 2.92 bits per heavy atom. The molecule has 0 saturated carbocycles. The first kappa shape index (κ1) is 9.75. The highest BCUT2D eigenvalue weighted by Gasteiger charge is 2.09. The van der Waals surface area contributed by atoms with Gasteiger partial charge in [-0.3, -0.25) is 4.90 Å². The number of nitrogens with one attached hydrogen (secondary N) is 1. The Labute approximate surface area is 75.6 Å². The molecule has 0 amide bonds. The van der Waals surface area contributed by atoms with Crippen molar-refractivity contribution in [3.8, 4) is 0 Å². The predicted molar refractivity (Wildman–Crippen MR) is 53.3 cm³/mol. The second kappa shape index (κ2) is 5.33. The molecule has 2 nitrogen and oxygen atoms in total. The van der Waals surface area contributed by atoms with Gasteiger partial charge in [-0.2, -0.15) is 0 Å². The van der Waals surface area contributed by atoms with E-state index in [0.717, 1.165) is 19.0 Å².